The maximum absolute atomic E-state index is 10.7. The smallest absolute Gasteiger partial charge is 0.314 e. The van der Waals surface area contributed by atoms with Gasteiger partial charge in [0, 0.05) is 26.0 Å². The fourth-order valence-corrected chi connectivity index (χ4v) is 0.805. The Bertz CT molecular complexity index is 232. The molecule has 0 aliphatic heterocycles. The third-order valence-corrected chi connectivity index (χ3v) is 1.41. The van der Waals surface area contributed by atoms with Gasteiger partial charge in [-0.1, -0.05) is 0 Å². The predicted octanol–water partition coefficient (Wildman–Crippen LogP) is -0.188. The van der Waals surface area contributed by atoms with Crippen molar-refractivity contribution in [3.8, 4) is 0 Å². The van der Waals surface area contributed by atoms with Crippen LogP contribution >= 0.6 is 0 Å². The molecule has 0 radical (unpaired) electrons. The number of carbonyl (C=O) groups excluding carboxylic acids is 1. The molecular formula is C7H12N4O. The monoisotopic (exact) mass is 168 g/mol. The first-order chi connectivity index (χ1) is 5.83. The third kappa shape index (κ3) is 2.61. The van der Waals surface area contributed by atoms with Gasteiger partial charge >= 0.3 is 6.03 Å². The predicted molar refractivity (Wildman–Crippen MR) is 44.7 cm³/mol. The number of amides is 2. The summed E-state index contributed by atoms with van der Waals surface area (Å²) < 4.78 is 1.76. The molecule has 0 aliphatic carbocycles. The molecule has 2 amide bonds. The Morgan fingerprint density at radius 3 is 3.08 bits per heavy atom. The van der Waals surface area contributed by atoms with E-state index in [1.165, 1.54) is 0 Å². The van der Waals surface area contributed by atoms with E-state index in [-0.39, 0.29) is 6.03 Å². The highest BCUT2D eigenvalue weighted by Gasteiger charge is 1.94. The van der Waals surface area contributed by atoms with Gasteiger partial charge in [0.25, 0.3) is 0 Å². The van der Waals surface area contributed by atoms with Gasteiger partial charge in [0.05, 0.1) is 6.54 Å². The molecule has 0 atom stereocenters. The van der Waals surface area contributed by atoms with Crippen molar-refractivity contribution in [3.05, 3.63) is 18.5 Å². The minimum atomic E-state index is -0.165. The molecule has 0 fully saturated rings. The zero-order valence-electron chi connectivity index (χ0n) is 6.95. The molecule has 0 aromatic carbocycles. The summed E-state index contributed by atoms with van der Waals surface area (Å²) in [5.74, 6) is 0. The lowest BCUT2D eigenvalue weighted by molar-refractivity contribution is 0.242. The van der Waals surface area contributed by atoms with Gasteiger partial charge in [0.2, 0.25) is 0 Å². The van der Waals surface area contributed by atoms with Crippen molar-refractivity contribution in [2.75, 3.05) is 13.6 Å². The molecule has 0 bridgehead atoms. The number of nitrogens with zero attached hydrogens (tertiary/aromatic N) is 2. The number of hydrogen-bond acceptors (Lipinski definition) is 2. The van der Waals surface area contributed by atoms with Crippen molar-refractivity contribution < 1.29 is 4.79 Å². The maximum Gasteiger partial charge on any atom is 0.314 e. The molecule has 0 unspecified atom stereocenters. The van der Waals surface area contributed by atoms with Gasteiger partial charge in [0.1, 0.15) is 0 Å². The van der Waals surface area contributed by atoms with Gasteiger partial charge in [0.15, 0.2) is 0 Å². The summed E-state index contributed by atoms with van der Waals surface area (Å²) in [5, 5.41) is 9.11. The molecule has 1 aromatic heterocycles. The molecule has 0 saturated carbocycles. The summed E-state index contributed by atoms with van der Waals surface area (Å²) in [7, 11) is 1.59. The molecule has 2 N–H and O–H groups in total. The van der Waals surface area contributed by atoms with E-state index in [9.17, 15) is 4.79 Å². The van der Waals surface area contributed by atoms with Gasteiger partial charge in [-0.25, -0.2) is 4.79 Å². The van der Waals surface area contributed by atoms with Crippen LogP contribution in [0, 0.1) is 0 Å². The molecular weight excluding hydrogens is 156 g/mol. The number of carbonyl (C=O) groups is 1. The van der Waals surface area contributed by atoms with E-state index in [0.29, 0.717) is 13.1 Å². The molecule has 5 nitrogen and oxygen atoms in total. The van der Waals surface area contributed by atoms with E-state index >= 15 is 0 Å². The van der Waals surface area contributed by atoms with Gasteiger partial charge in [-0.15, -0.1) is 0 Å². The van der Waals surface area contributed by atoms with Crippen molar-refractivity contribution >= 4 is 6.03 Å². The standard InChI is InChI=1S/C7H12N4O/c1-8-7(12)9-4-6-11-5-2-3-10-11/h2-3,5H,4,6H2,1H3,(H2,8,9,12). The Balaban J connectivity index is 2.15. The highest BCUT2D eigenvalue weighted by Crippen LogP contribution is 1.81. The minimum Gasteiger partial charge on any atom is -0.341 e. The van der Waals surface area contributed by atoms with Crippen molar-refractivity contribution in [1.82, 2.24) is 20.4 Å². The normalized spacial score (nSPS) is 9.42. The van der Waals surface area contributed by atoms with Crippen LogP contribution in [0.5, 0.6) is 0 Å². The fourth-order valence-electron chi connectivity index (χ4n) is 0.805. The van der Waals surface area contributed by atoms with Crippen molar-refractivity contribution in [2.24, 2.45) is 0 Å². The lowest BCUT2D eigenvalue weighted by atomic mass is 10.6. The average Bonchev–Trinajstić information content (AvgIpc) is 2.57. The van der Waals surface area contributed by atoms with Crippen molar-refractivity contribution in [1.29, 1.82) is 0 Å². The number of hydrogen-bond donors (Lipinski definition) is 2. The highest BCUT2D eigenvalue weighted by atomic mass is 16.2. The van der Waals surface area contributed by atoms with Gasteiger partial charge in [-0.05, 0) is 6.07 Å². The van der Waals surface area contributed by atoms with Crippen LogP contribution in [0.25, 0.3) is 0 Å². The summed E-state index contributed by atoms with van der Waals surface area (Å²) in [4.78, 5) is 10.7. The first kappa shape index (κ1) is 8.58. The van der Waals surface area contributed by atoms with Crippen LogP contribution in [0.4, 0.5) is 4.79 Å². The molecule has 1 heterocycles. The minimum absolute atomic E-state index is 0.165. The second kappa shape index (κ2) is 4.38. The third-order valence-electron chi connectivity index (χ3n) is 1.41. The number of aromatic nitrogens is 2. The Kier molecular flexibility index (Phi) is 3.13. The number of rotatable bonds is 3. The van der Waals surface area contributed by atoms with Crippen molar-refractivity contribution in [2.45, 2.75) is 6.54 Å². The zero-order chi connectivity index (χ0) is 8.81. The summed E-state index contributed by atoms with van der Waals surface area (Å²) >= 11 is 0. The zero-order valence-corrected chi connectivity index (χ0v) is 6.95. The quantitative estimate of drug-likeness (QED) is 0.657. The van der Waals surface area contributed by atoms with Crippen molar-refractivity contribution in [3.63, 3.8) is 0 Å². The Labute approximate surface area is 70.8 Å². The molecule has 5 heteroatoms. The lowest BCUT2D eigenvalue weighted by Gasteiger charge is -2.03. The molecule has 66 valence electrons. The van der Waals surface area contributed by atoms with Crippen LogP contribution in [0.3, 0.4) is 0 Å². The Morgan fingerprint density at radius 2 is 2.50 bits per heavy atom. The first-order valence-corrected chi connectivity index (χ1v) is 3.76. The Morgan fingerprint density at radius 1 is 1.67 bits per heavy atom. The van der Waals surface area contributed by atoms with Crippen LogP contribution < -0.4 is 10.6 Å². The summed E-state index contributed by atoms with van der Waals surface area (Å²) in [6.07, 6.45) is 3.56. The van der Waals surface area contributed by atoms with E-state index in [4.69, 9.17) is 0 Å². The second-order valence-corrected chi connectivity index (χ2v) is 2.28. The van der Waals surface area contributed by atoms with E-state index in [1.54, 1.807) is 17.9 Å². The van der Waals surface area contributed by atoms with Crippen LogP contribution in [-0.2, 0) is 6.54 Å². The van der Waals surface area contributed by atoms with Crippen LogP contribution in [0.2, 0.25) is 0 Å². The van der Waals surface area contributed by atoms with E-state index in [0.717, 1.165) is 0 Å². The summed E-state index contributed by atoms with van der Waals surface area (Å²) in [6, 6.07) is 1.68. The second-order valence-electron chi connectivity index (χ2n) is 2.28. The van der Waals surface area contributed by atoms with E-state index < -0.39 is 0 Å². The van der Waals surface area contributed by atoms with E-state index in [1.807, 2.05) is 12.3 Å². The highest BCUT2D eigenvalue weighted by molar-refractivity contribution is 5.73. The lowest BCUT2D eigenvalue weighted by Crippen LogP contribution is -2.34. The number of urea groups is 1. The molecule has 0 spiro atoms. The SMILES string of the molecule is CNC(=O)NCCn1cccn1. The fraction of sp³-hybridized carbons (Fsp3) is 0.429. The van der Waals surface area contributed by atoms with Crippen LogP contribution in [-0.4, -0.2) is 29.4 Å². The van der Waals surface area contributed by atoms with E-state index in [2.05, 4.69) is 15.7 Å². The molecule has 1 rings (SSSR count). The molecule has 0 saturated heterocycles. The topological polar surface area (TPSA) is 59.0 Å². The van der Waals surface area contributed by atoms with Crippen LogP contribution in [0.15, 0.2) is 18.5 Å². The molecule has 1 aromatic rings. The molecule has 0 aliphatic rings. The largest absolute Gasteiger partial charge is 0.341 e. The van der Waals surface area contributed by atoms with Gasteiger partial charge < -0.3 is 10.6 Å². The summed E-state index contributed by atoms with van der Waals surface area (Å²) in [5.41, 5.74) is 0. The molecule has 12 heavy (non-hydrogen) atoms. The van der Waals surface area contributed by atoms with Gasteiger partial charge in [-0.3, -0.25) is 4.68 Å². The number of nitrogens with one attached hydrogen (secondary N) is 2. The average molecular weight is 168 g/mol. The first-order valence-electron chi connectivity index (χ1n) is 3.76. The van der Waals surface area contributed by atoms with Gasteiger partial charge in [-0.2, -0.15) is 5.10 Å². The Hall–Kier alpha value is -1.52. The summed E-state index contributed by atoms with van der Waals surface area (Å²) in [6.45, 7) is 1.28. The maximum atomic E-state index is 10.7. The van der Waals surface area contributed by atoms with Crippen LogP contribution in [0.1, 0.15) is 0 Å².